The number of sulfonamides is 1. The lowest BCUT2D eigenvalue weighted by Gasteiger charge is -2.14. The number of thiophene rings is 1. The van der Waals surface area contributed by atoms with Crippen molar-refractivity contribution >= 4 is 21.4 Å². The summed E-state index contributed by atoms with van der Waals surface area (Å²) in [7, 11) is -1.53. The molecule has 0 amide bonds. The third-order valence-electron chi connectivity index (χ3n) is 2.41. The van der Waals surface area contributed by atoms with Crippen molar-refractivity contribution in [1.82, 2.24) is 4.31 Å². The van der Waals surface area contributed by atoms with Crippen LogP contribution < -0.4 is 0 Å². The molecular formula is C9H13NO2S2. The maximum Gasteiger partial charge on any atom is 0.252 e. The molecule has 1 aliphatic rings. The van der Waals surface area contributed by atoms with Crippen LogP contribution >= 0.6 is 11.3 Å². The summed E-state index contributed by atoms with van der Waals surface area (Å²) < 4.78 is 25.9. The molecular weight excluding hydrogens is 218 g/mol. The van der Waals surface area contributed by atoms with Crippen LogP contribution in [0.1, 0.15) is 17.7 Å². The normalized spacial score (nSPS) is 17.6. The van der Waals surface area contributed by atoms with E-state index in [2.05, 4.69) is 0 Å². The van der Waals surface area contributed by atoms with Gasteiger partial charge >= 0.3 is 0 Å². The zero-order valence-electron chi connectivity index (χ0n) is 8.23. The van der Waals surface area contributed by atoms with E-state index in [-0.39, 0.29) is 6.04 Å². The Morgan fingerprint density at radius 2 is 2.07 bits per heavy atom. The van der Waals surface area contributed by atoms with Crippen LogP contribution in [-0.2, 0) is 10.0 Å². The maximum atomic E-state index is 12.0. The Labute approximate surface area is 88.4 Å². The van der Waals surface area contributed by atoms with Crippen LogP contribution in [0, 0.1) is 6.92 Å². The van der Waals surface area contributed by atoms with Gasteiger partial charge in [0.2, 0.25) is 0 Å². The standard InChI is InChI=1S/C9H13NO2S2/c1-7-3-6-9(13-7)14(11,12)10(2)8-4-5-8/h3,6,8H,4-5H2,1-2H3. The summed E-state index contributed by atoms with van der Waals surface area (Å²) in [5, 5.41) is 0. The highest BCUT2D eigenvalue weighted by Gasteiger charge is 2.35. The highest BCUT2D eigenvalue weighted by atomic mass is 32.2. The Morgan fingerprint density at radius 3 is 2.50 bits per heavy atom. The molecule has 0 saturated heterocycles. The zero-order valence-corrected chi connectivity index (χ0v) is 9.86. The summed E-state index contributed by atoms with van der Waals surface area (Å²) in [5.74, 6) is 0. The number of rotatable bonds is 3. The van der Waals surface area contributed by atoms with Crippen LogP contribution in [0.5, 0.6) is 0 Å². The fraction of sp³-hybridized carbons (Fsp3) is 0.556. The summed E-state index contributed by atoms with van der Waals surface area (Å²) in [4.78, 5) is 1.03. The van der Waals surface area contributed by atoms with Gasteiger partial charge in [0.25, 0.3) is 10.0 Å². The molecule has 1 aliphatic carbocycles. The molecule has 1 fully saturated rings. The molecule has 2 rings (SSSR count). The minimum Gasteiger partial charge on any atom is -0.206 e. The van der Waals surface area contributed by atoms with Gasteiger partial charge in [0.1, 0.15) is 4.21 Å². The molecule has 1 aromatic heterocycles. The van der Waals surface area contributed by atoms with E-state index in [1.54, 1.807) is 13.1 Å². The van der Waals surface area contributed by atoms with Crippen molar-refractivity contribution in [2.75, 3.05) is 7.05 Å². The second-order valence-corrected chi connectivity index (χ2v) is 7.13. The molecule has 1 saturated carbocycles. The Morgan fingerprint density at radius 1 is 1.43 bits per heavy atom. The van der Waals surface area contributed by atoms with E-state index in [0.29, 0.717) is 4.21 Å². The summed E-state index contributed by atoms with van der Waals surface area (Å²) in [6, 6.07) is 3.77. The first-order valence-electron chi connectivity index (χ1n) is 4.56. The largest absolute Gasteiger partial charge is 0.252 e. The van der Waals surface area contributed by atoms with Crippen molar-refractivity contribution < 1.29 is 8.42 Å². The van der Waals surface area contributed by atoms with Crippen LogP contribution in [-0.4, -0.2) is 25.8 Å². The van der Waals surface area contributed by atoms with Gasteiger partial charge in [-0.25, -0.2) is 8.42 Å². The third-order valence-corrected chi connectivity index (χ3v) is 5.79. The van der Waals surface area contributed by atoms with Crippen LogP contribution in [0.2, 0.25) is 0 Å². The highest BCUT2D eigenvalue weighted by molar-refractivity contribution is 7.91. The number of hydrogen-bond acceptors (Lipinski definition) is 3. The van der Waals surface area contributed by atoms with Gasteiger partial charge in [-0.15, -0.1) is 11.3 Å². The van der Waals surface area contributed by atoms with E-state index in [1.807, 2.05) is 13.0 Å². The van der Waals surface area contributed by atoms with Gasteiger partial charge < -0.3 is 0 Å². The average molecular weight is 231 g/mol. The summed E-state index contributed by atoms with van der Waals surface area (Å²) in [6.07, 6.45) is 2.00. The SMILES string of the molecule is Cc1ccc(S(=O)(=O)N(C)C2CC2)s1. The number of hydrogen-bond donors (Lipinski definition) is 0. The van der Waals surface area contributed by atoms with Crippen molar-refractivity contribution in [3.05, 3.63) is 17.0 Å². The first kappa shape index (κ1) is 10.1. The molecule has 0 aliphatic heterocycles. The Balaban J connectivity index is 2.31. The van der Waals surface area contributed by atoms with Gasteiger partial charge in [0.05, 0.1) is 0 Å². The molecule has 3 nitrogen and oxygen atoms in total. The summed E-state index contributed by atoms with van der Waals surface area (Å²) in [5.41, 5.74) is 0. The van der Waals surface area contributed by atoms with Crippen LogP contribution in [0.15, 0.2) is 16.3 Å². The molecule has 0 N–H and O–H groups in total. The summed E-state index contributed by atoms with van der Waals surface area (Å²) in [6.45, 7) is 1.92. The molecule has 5 heteroatoms. The smallest absolute Gasteiger partial charge is 0.206 e. The van der Waals surface area contributed by atoms with E-state index in [1.165, 1.54) is 15.6 Å². The Kier molecular flexibility index (Phi) is 2.41. The zero-order chi connectivity index (χ0) is 10.3. The van der Waals surface area contributed by atoms with Gasteiger partial charge in [-0.05, 0) is 31.9 Å². The minimum atomic E-state index is -3.20. The second-order valence-electron chi connectivity index (χ2n) is 3.62. The molecule has 78 valence electrons. The molecule has 0 bridgehead atoms. The first-order valence-corrected chi connectivity index (χ1v) is 6.82. The van der Waals surface area contributed by atoms with Gasteiger partial charge in [-0.1, -0.05) is 0 Å². The quantitative estimate of drug-likeness (QED) is 0.796. The molecule has 14 heavy (non-hydrogen) atoms. The predicted molar refractivity (Wildman–Crippen MR) is 57.0 cm³/mol. The van der Waals surface area contributed by atoms with E-state index in [9.17, 15) is 8.42 Å². The highest BCUT2D eigenvalue weighted by Crippen LogP contribution is 2.32. The van der Waals surface area contributed by atoms with E-state index in [4.69, 9.17) is 0 Å². The monoisotopic (exact) mass is 231 g/mol. The van der Waals surface area contributed by atoms with Crippen LogP contribution in [0.25, 0.3) is 0 Å². The molecule has 1 aromatic rings. The fourth-order valence-electron chi connectivity index (χ4n) is 1.33. The van der Waals surface area contributed by atoms with E-state index in [0.717, 1.165) is 17.7 Å². The first-order chi connectivity index (χ1) is 6.51. The van der Waals surface area contributed by atoms with Gasteiger partial charge in [-0.2, -0.15) is 4.31 Å². The number of nitrogens with zero attached hydrogens (tertiary/aromatic N) is 1. The van der Waals surface area contributed by atoms with E-state index < -0.39 is 10.0 Å². The summed E-state index contributed by atoms with van der Waals surface area (Å²) >= 11 is 1.34. The van der Waals surface area contributed by atoms with Gasteiger partial charge in [0.15, 0.2) is 0 Å². The van der Waals surface area contributed by atoms with Gasteiger partial charge in [0, 0.05) is 18.0 Å². The van der Waals surface area contributed by atoms with Crippen molar-refractivity contribution in [1.29, 1.82) is 0 Å². The third kappa shape index (κ3) is 1.71. The molecule has 0 aromatic carbocycles. The average Bonchev–Trinajstić information content (AvgIpc) is 2.87. The van der Waals surface area contributed by atoms with E-state index >= 15 is 0 Å². The van der Waals surface area contributed by atoms with Crippen molar-refractivity contribution in [3.8, 4) is 0 Å². The Bertz CT molecular complexity index is 431. The minimum absolute atomic E-state index is 0.238. The molecule has 1 heterocycles. The number of aryl methyl sites for hydroxylation is 1. The predicted octanol–water partition coefficient (Wildman–Crippen LogP) is 1.84. The van der Waals surface area contributed by atoms with Crippen molar-refractivity contribution in [2.45, 2.75) is 30.0 Å². The molecule has 0 atom stereocenters. The lowest BCUT2D eigenvalue weighted by atomic mass is 10.5. The van der Waals surface area contributed by atoms with Crippen molar-refractivity contribution in [2.24, 2.45) is 0 Å². The second kappa shape index (κ2) is 3.32. The van der Waals surface area contributed by atoms with Gasteiger partial charge in [-0.3, -0.25) is 0 Å². The molecule has 0 unspecified atom stereocenters. The lowest BCUT2D eigenvalue weighted by Crippen LogP contribution is -2.28. The fourth-order valence-corrected chi connectivity index (χ4v) is 4.21. The van der Waals surface area contributed by atoms with Crippen molar-refractivity contribution in [3.63, 3.8) is 0 Å². The topological polar surface area (TPSA) is 37.4 Å². The Hall–Kier alpha value is -0.390. The lowest BCUT2D eigenvalue weighted by molar-refractivity contribution is 0.466. The van der Waals surface area contributed by atoms with Crippen LogP contribution in [0.3, 0.4) is 0 Å². The molecule has 0 spiro atoms. The maximum absolute atomic E-state index is 12.0. The van der Waals surface area contributed by atoms with Crippen LogP contribution in [0.4, 0.5) is 0 Å². The molecule has 0 radical (unpaired) electrons.